The number of hydrogen-bond donors (Lipinski definition) is 0. The zero-order valence-electron chi connectivity index (χ0n) is 9.12. The Morgan fingerprint density at radius 2 is 1.61 bits per heavy atom. The van der Waals surface area contributed by atoms with Crippen molar-refractivity contribution in [3.63, 3.8) is 0 Å². The van der Waals surface area contributed by atoms with Crippen molar-refractivity contribution in [2.75, 3.05) is 0 Å². The van der Waals surface area contributed by atoms with Gasteiger partial charge in [-0.05, 0) is 24.1 Å². The zero-order chi connectivity index (χ0) is 14.1. The summed E-state index contributed by atoms with van der Waals surface area (Å²) in [5.74, 6) is 0. The molecule has 0 aliphatic carbocycles. The summed E-state index contributed by atoms with van der Waals surface area (Å²) in [4.78, 5) is 10.6. The fraction of sp³-hybridized carbons (Fsp3) is 0.364. The van der Waals surface area contributed by atoms with Gasteiger partial charge >= 0.3 is 12.4 Å². The van der Waals surface area contributed by atoms with Gasteiger partial charge in [0.15, 0.2) is 6.29 Å². The summed E-state index contributed by atoms with van der Waals surface area (Å²) in [6.07, 6.45) is -10.5. The maximum atomic E-state index is 12.6. The maximum Gasteiger partial charge on any atom is 0.417 e. The highest BCUT2D eigenvalue weighted by Gasteiger charge is 2.45. The van der Waals surface area contributed by atoms with E-state index in [1.54, 1.807) is 0 Å². The molecule has 0 spiro atoms. The van der Waals surface area contributed by atoms with E-state index in [9.17, 15) is 31.1 Å². The Hall–Kier alpha value is -1.53. The maximum absolute atomic E-state index is 12.6. The smallest absolute Gasteiger partial charge is 0.298 e. The predicted octanol–water partition coefficient (Wildman–Crippen LogP) is 4.10. The van der Waals surface area contributed by atoms with Crippen LogP contribution in [0.3, 0.4) is 0 Å². The van der Waals surface area contributed by atoms with Crippen LogP contribution in [-0.2, 0) is 18.8 Å². The summed E-state index contributed by atoms with van der Waals surface area (Å²) in [6.45, 7) is 1.48. The second-order valence-electron chi connectivity index (χ2n) is 3.57. The molecule has 0 aliphatic heterocycles. The first-order valence-electron chi connectivity index (χ1n) is 4.87. The number of carbonyl (C=O) groups is 1. The van der Waals surface area contributed by atoms with Crippen LogP contribution >= 0.6 is 0 Å². The van der Waals surface area contributed by atoms with Crippen LogP contribution < -0.4 is 0 Å². The van der Waals surface area contributed by atoms with E-state index in [1.165, 1.54) is 6.92 Å². The second-order valence-corrected chi connectivity index (χ2v) is 3.57. The Bertz CT molecular complexity index is 458. The number of rotatable bonds is 2. The molecule has 1 aromatic carbocycles. The number of benzene rings is 1. The van der Waals surface area contributed by atoms with Crippen molar-refractivity contribution >= 4 is 6.29 Å². The molecule has 7 heteroatoms. The highest BCUT2D eigenvalue weighted by atomic mass is 19.4. The Balaban J connectivity index is 3.69. The topological polar surface area (TPSA) is 17.1 Å². The minimum Gasteiger partial charge on any atom is -0.298 e. The standard InChI is InChI=1S/C11H8F6O/c1-2-6-3-7(5-18)9(11(15,16)17)8(4-6)10(12,13)14/h3-5H,2H2,1H3. The molecule has 0 unspecified atom stereocenters. The van der Waals surface area contributed by atoms with Crippen molar-refractivity contribution in [2.45, 2.75) is 25.7 Å². The van der Waals surface area contributed by atoms with E-state index in [0.29, 0.717) is 6.07 Å². The first-order chi connectivity index (χ1) is 8.11. The van der Waals surface area contributed by atoms with Crippen LogP contribution in [0.4, 0.5) is 26.3 Å². The Labute approximate surface area is 98.4 Å². The molecule has 0 radical (unpaired) electrons. The monoisotopic (exact) mass is 270 g/mol. The lowest BCUT2D eigenvalue weighted by molar-refractivity contribution is -0.162. The fourth-order valence-corrected chi connectivity index (χ4v) is 1.56. The average Bonchev–Trinajstić information content (AvgIpc) is 2.24. The molecule has 0 aliphatic rings. The van der Waals surface area contributed by atoms with Gasteiger partial charge in [0, 0.05) is 5.56 Å². The number of carbonyl (C=O) groups excluding carboxylic acids is 1. The second kappa shape index (κ2) is 4.62. The summed E-state index contributed by atoms with van der Waals surface area (Å²) >= 11 is 0. The van der Waals surface area contributed by atoms with E-state index >= 15 is 0 Å². The molecule has 0 fully saturated rings. The Morgan fingerprint density at radius 3 is 1.94 bits per heavy atom. The van der Waals surface area contributed by atoms with Crippen LogP contribution in [0.2, 0.25) is 0 Å². The first kappa shape index (κ1) is 14.5. The van der Waals surface area contributed by atoms with Gasteiger partial charge in [-0.15, -0.1) is 0 Å². The zero-order valence-corrected chi connectivity index (χ0v) is 9.12. The third-order valence-electron chi connectivity index (χ3n) is 2.35. The molecule has 100 valence electrons. The van der Waals surface area contributed by atoms with Crippen molar-refractivity contribution in [3.8, 4) is 0 Å². The SMILES string of the molecule is CCc1cc(C=O)c(C(F)(F)F)c(C(F)(F)F)c1. The third-order valence-corrected chi connectivity index (χ3v) is 2.35. The van der Waals surface area contributed by atoms with E-state index in [2.05, 4.69) is 0 Å². The van der Waals surface area contributed by atoms with E-state index in [0.717, 1.165) is 6.07 Å². The summed E-state index contributed by atoms with van der Waals surface area (Å²) in [7, 11) is 0. The molecule has 0 bridgehead atoms. The molecule has 18 heavy (non-hydrogen) atoms. The highest BCUT2D eigenvalue weighted by Crippen LogP contribution is 2.42. The largest absolute Gasteiger partial charge is 0.417 e. The number of halogens is 6. The highest BCUT2D eigenvalue weighted by molar-refractivity contribution is 5.79. The molecule has 0 saturated carbocycles. The lowest BCUT2D eigenvalue weighted by Crippen LogP contribution is -2.19. The van der Waals surface area contributed by atoms with Crippen LogP contribution in [0.25, 0.3) is 0 Å². The lowest BCUT2D eigenvalue weighted by atomic mass is 9.96. The van der Waals surface area contributed by atoms with Gasteiger partial charge in [-0.1, -0.05) is 6.92 Å². The number of aldehydes is 1. The van der Waals surface area contributed by atoms with Crippen molar-refractivity contribution in [2.24, 2.45) is 0 Å². The van der Waals surface area contributed by atoms with E-state index in [1.807, 2.05) is 0 Å². The van der Waals surface area contributed by atoms with Gasteiger partial charge < -0.3 is 0 Å². The van der Waals surface area contributed by atoms with Gasteiger partial charge in [-0.2, -0.15) is 26.3 Å². The van der Waals surface area contributed by atoms with Crippen molar-refractivity contribution < 1.29 is 31.1 Å². The summed E-state index contributed by atoms with van der Waals surface area (Å²) in [5, 5.41) is 0. The molecule has 0 heterocycles. The predicted molar refractivity (Wildman–Crippen MR) is 51.2 cm³/mol. The van der Waals surface area contributed by atoms with Gasteiger partial charge in [-0.3, -0.25) is 4.79 Å². The minimum absolute atomic E-state index is 0.0254. The Morgan fingerprint density at radius 1 is 1.06 bits per heavy atom. The van der Waals surface area contributed by atoms with E-state index in [4.69, 9.17) is 0 Å². The first-order valence-corrected chi connectivity index (χ1v) is 4.87. The normalized spacial score (nSPS) is 12.6. The molecule has 0 saturated heterocycles. The van der Waals surface area contributed by atoms with E-state index < -0.39 is 29.0 Å². The minimum atomic E-state index is -5.23. The molecule has 1 nitrogen and oxygen atoms in total. The summed E-state index contributed by atoms with van der Waals surface area (Å²) in [5.41, 5.74) is -4.72. The molecular weight excluding hydrogens is 262 g/mol. The molecule has 0 N–H and O–H groups in total. The van der Waals surface area contributed by atoms with Gasteiger partial charge in [-0.25, -0.2) is 0 Å². The van der Waals surface area contributed by atoms with Gasteiger partial charge in [0.05, 0.1) is 11.1 Å². The van der Waals surface area contributed by atoms with Crippen molar-refractivity contribution in [3.05, 3.63) is 34.4 Å². The van der Waals surface area contributed by atoms with Gasteiger partial charge in [0.2, 0.25) is 0 Å². The van der Waals surface area contributed by atoms with Crippen molar-refractivity contribution in [1.82, 2.24) is 0 Å². The number of hydrogen-bond acceptors (Lipinski definition) is 1. The molecule has 1 rings (SSSR count). The molecular formula is C11H8F6O. The quantitative estimate of drug-likeness (QED) is 0.584. The molecule has 0 aromatic heterocycles. The van der Waals surface area contributed by atoms with Gasteiger partial charge in [0.25, 0.3) is 0 Å². The Kier molecular flexibility index (Phi) is 3.73. The molecule has 1 aromatic rings. The average molecular weight is 270 g/mol. The van der Waals surface area contributed by atoms with Gasteiger partial charge in [0.1, 0.15) is 0 Å². The fourth-order valence-electron chi connectivity index (χ4n) is 1.56. The number of alkyl halides is 6. The third kappa shape index (κ3) is 2.83. The van der Waals surface area contributed by atoms with Crippen LogP contribution in [0.5, 0.6) is 0 Å². The lowest BCUT2D eigenvalue weighted by Gasteiger charge is -2.18. The summed E-state index contributed by atoms with van der Waals surface area (Å²) in [6, 6.07) is 1.25. The number of aryl methyl sites for hydroxylation is 1. The van der Waals surface area contributed by atoms with Crippen LogP contribution in [0, 0.1) is 0 Å². The van der Waals surface area contributed by atoms with Crippen LogP contribution in [0.1, 0.15) is 34.0 Å². The molecule has 0 amide bonds. The van der Waals surface area contributed by atoms with Crippen LogP contribution in [-0.4, -0.2) is 6.29 Å². The van der Waals surface area contributed by atoms with E-state index in [-0.39, 0.29) is 18.3 Å². The molecule has 0 atom stereocenters. The van der Waals surface area contributed by atoms with Crippen molar-refractivity contribution in [1.29, 1.82) is 0 Å². The summed E-state index contributed by atoms with van der Waals surface area (Å²) < 4.78 is 75.6. The van der Waals surface area contributed by atoms with Crippen LogP contribution in [0.15, 0.2) is 12.1 Å².